The number of hydrogen-bond donors (Lipinski definition) is 6. The molecule has 16 nitrogen and oxygen atoms in total. The first-order chi connectivity index (χ1) is 60.1. The van der Waals surface area contributed by atoms with Gasteiger partial charge in [0.05, 0.1) is 26.4 Å². The molecule has 0 unspecified atom stereocenters. The Morgan fingerprint density at radius 3 is 0.733 bits per heavy atom. The SMILES string of the molecule is C.CCCCCCCCCCCCCCCCCCOC(=O)CCc1cc(C(C)(C)C)c(O)c(C(C)(C)C)c1.CCCCNC(=O)CCc1cc(C(C)(C)C)c(O)c(C(C)(C)C)c1.CCCCOC(=O)CCc1cc(C(C)(C)C)c(O)c(C(C)(C)C)c1.CCOC(=O)CCc1cc(C(C)(C)C)c(O)c(C(C)(C)C)c1.CCOCCOC(=O)CCc1cc(C)c(O)c(C(C)(C)C)c1. The Labute approximate surface area is 800 Å². The van der Waals surface area contributed by atoms with E-state index in [1.54, 1.807) is 0 Å². The third kappa shape index (κ3) is 49.5. The van der Waals surface area contributed by atoms with Gasteiger partial charge in [0, 0.05) is 45.3 Å². The van der Waals surface area contributed by atoms with Crippen LogP contribution in [0.15, 0.2) is 60.7 Å². The van der Waals surface area contributed by atoms with Crippen LogP contribution in [-0.4, -0.2) is 102 Å². The molecule has 0 fully saturated rings. The molecule has 0 aliphatic carbocycles. The Balaban J connectivity index is 0.00000164. The lowest BCUT2D eigenvalue weighted by Gasteiger charge is -2.28. The van der Waals surface area contributed by atoms with Gasteiger partial charge in [-0.05, 0) is 204 Å². The lowest BCUT2D eigenvalue weighted by Crippen LogP contribution is -2.24. The number of esters is 4. The number of aryl methyl sites for hydroxylation is 6. The maximum Gasteiger partial charge on any atom is 0.306 e. The van der Waals surface area contributed by atoms with Gasteiger partial charge in [-0.15, -0.1) is 0 Å². The largest absolute Gasteiger partial charge is 0.507 e. The number of ether oxygens (including phenoxy) is 5. The first-order valence-electron chi connectivity index (χ1n) is 49.9. The van der Waals surface area contributed by atoms with Crippen molar-refractivity contribution in [2.24, 2.45) is 0 Å². The van der Waals surface area contributed by atoms with Crippen molar-refractivity contribution in [3.8, 4) is 28.7 Å². The van der Waals surface area contributed by atoms with E-state index >= 15 is 0 Å². The monoisotopic (exact) mass is 1830 g/mol. The maximum atomic E-state index is 12.3. The topological polar surface area (TPSA) is 245 Å². The average Bonchev–Trinajstić information content (AvgIpc) is 0.793. The molecule has 748 valence electrons. The van der Waals surface area contributed by atoms with Crippen molar-refractivity contribution < 1.29 is 73.2 Å². The van der Waals surface area contributed by atoms with Crippen LogP contribution < -0.4 is 5.32 Å². The summed E-state index contributed by atoms with van der Waals surface area (Å²) < 4.78 is 26.0. The summed E-state index contributed by atoms with van der Waals surface area (Å²) in [5.74, 6) is 1.32. The minimum atomic E-state index is -0.220. The van der Waals surface area contributed by atoms with E-state index in [9.17, 15) is 49.5 Å². The first kappa shape index (κ1) is 123. The number of rotatable bonds is 43. The molecule has 0 bridgehead atoms. The zero-order valence-corrected chi connectivity index (χ0v) is 88.8. The van der Waals surface area contributed by atoms with Crippen molar-refractivity contribution in [3.63, 3.8) is 0 Å². The van der Waals surface area contributed by atoms with Crippen LogP contribution in [0.2, 0.25) is 0 Å². The quantitative estimate of drug-likeness (QED) is 0.0121. The van der Waals surface area contributed by atoms with Crippen molar-refractivity contribution >= 4 is 29.8 Å². The number of carbonyl (C=O) groups excluding carboxylic acids is 5. The van der Waals surface area contributed by atoms with E-state index in [4.69, 9.17) is 23.7 Å². The zero-order chi connectivity index (χ0) is 99.4. The molecule has 0 aromatic heterocycles. The Bertz CT molecular complexity index is 3910. The molecule has 0 aliphatic heterocycles. The van der Waals surface area contributed by atoms with E-state index < -0.39 is 0 Å². The lowest BCUT2D eigenvalue weighted by atomic mass is 9.78. The molecule has 1 amide bonds. The zero-order valence-electron chi connectivity index (χ0n) is 88.8. The summed E-state index contributed by atoms with van der Waals surface area (Å²) in [4.78, 5) is 59.4. The van der Waals surface area contributed by atoms with Crippen molar-refractivity contribution in [2.45, 2.75) is 477 Å². The van der Waals surface area contributed by atoms with E-state index in [1.165, 1.54) is 89.9 Å². The standard InChI is InChI=1S/C35H62O3.C21H35NO2.C21H34O3.C19H30O3.C18H28O4.CH4/c1-8-9-10-11-12-13-14-15-16-17-18-19-20-21-22-23-26-38-32(36)25-24-29-27-30(34(2,3)4)33(37)31(28-29)35(5,6)7;1-8-9-12-22-18(23)11-10-15-13-16(20(2,3)4)19(24)17(14-15)21(5,6)7;1-8-9-12-24-18(22)11-10-15-13-16(20(2,3)4)19(23)17(14-15)21(5,6)7;1-8-22-16(20)10-9-13-11-14(18(2,3)4)17(21)15(12-13)19(5,6)7;1-6-21-9-10-22-16(19)8-7-14-11-13(2)17(20)15(12-14)18(3,4)5;/h27-28,37H,8-26H2,1-7H3;13-14,24H,8-12H2,1-7H3,(H,22,23);13-14,23H,8-12H2,1-7H3;11-12,21H,8-10H2,1-7H3;11-12,20H,6-10H2,1-5H3;1H4. The van der Waals surface area contributed by atoms with Gasteiger partial charge in [0.15, 0.2) is 0 Å². The van der Waals surface area contributed by atoms with Crippen molar-refractivity contribution in [2.75, 3.05) is 46.2 Å². The number of carbonyl (C=O) groups is 5. The van der Waals surface area contributed by atoms with E-state index in [-0.39, 0.29) is 85.9 Å². The molecule has 5 aromatic rings. The third-order valence-corrected chi connectivity index (χ3v) is 23.3. The molecule has 0 spiro atoms. The number of phenols is 5. The second kappa shape index (κ2) is 59.3. The Morgan fingerprint density at radius 1 is 0.260 bits per heavy atom. The number of aromatic hydroxyl groups is 5. The van der Waals surface area contributed by atoms with Gasteiger partial charge in [-0.3, -0.25) is 24.0 Å². The van der Waals surface area contributed by atoms with Crippen molar-refractivity contribution in [3.05, 3.63) is 144 Å². The molecule has 6 N–H and O–H groups in total. The molecular weight excluding hydrogens is 1640 g/mol. The second-order valence-electron chi connectivity index (χ2n) is 45.2. The molecule has 0 atom stereocenters. The van der Waals surface area contributed by atoms with E-state index in [0.717, 1.165) is 129 Å². The maximum absolute atomic E-state index is 12.3. The fourth-order valence-corrected chi connectivity index (χ4v) is 15.2. The summed E-state index contributed by atoms with van der Waals surface area (Å²) >= 11 is 0. The molecule has 5 aromatic carbocycles. The Morgan fingerprint density at radius 2 is 0.481 bits per heavy atom. The number of unbranched alkanes of at least 4 members (excludes halogenated alkanes) is 17. The van der Waals surface area contributed by atoms with Gasteiger partial charge in [0.1, 0.15) is 35.4 Å². The predicted molar refractivity (Wildman–Crippen MR) is 550 cm³/mol. The molecule has 0 aliphatic rings. The van der Waals surface area contributed by atoms with Gasteiger partial charge >= 0.3 is 23.9 Å². The lowest BCUT2D eigenvalue weighted by molar-refractivity contribution is -0.145. The highest BCUT2D eigenvalue weighted by atomic mass is 16.6. The van der Waals surface area contributed by atoms with Gasteiger partial charge in [-0.1, -0.05) is 385 Å². The highest BCUT2D eigenvalue weighted by molar-refractivity contribution is 5.76. The highest BCUT2D eigenvalue weighted by Crippen LogP contribution is 2.45. The summed E-state index contributed by atoms with van der Waals surface area (Å²) in [6.45, 7) is 72.3. The fourth-order valence-electron chi connectivity index (χ4n) is 15.2. The molecule has 0 heterocycles. The first-order valence-corrected chi connectivity index (χ1v) is 49.9. The number of amides is 1. The Hall–Kier alpha value is -7.59. The summed E-state index contributed by atoms with van der Waals surface area (Å²) in [5, 5.41) is 56.1. The van der Waals surface area contributed by atoms with E-state index in [2.05, 4.69) is 237 Å². The number of nitrogens with one attached hydrogen (secondary N) is 1. The van der Waals surface area contributed by atoms with Crippen LogP contribution in [0, 0.1) is 6.92 Å². The second-order valence-corrected chi connectivity index (χ2v) is 45.2. The van der Waals surface area contributed by atoms with Crippen LogP contribution >= 0.6 is 0 Å². The third-order valence-electron chi connectivity index (χ3n) is 23.3. The van der Waals surface area contributed by atoms with Gasteiger partial charge in [0.25, 0.3) is 0 Å². The van der Waals surface area contributed by atoms with Crippen LogP contribution in [0.1, 0.15) is 473 Å². The van der Waals surface area contributed by atoms with Crippen LogP contribution in [0.25, 0.3) is 0 Å². The van der Waals surface area contributed by atoms with Crippen molar-refractivity contribution in [1.29, 1.82) is 0 Å². The smallest absolute Gasteiger partial charge is 0.306 e. The summed E-state index contributed by atoms with van der Waals surface area (Å²) in [5.41, 5.74) is 13.4. The minimum absolute atomic E-state index is 0. The van der Waals surface area contributed by atoms with Gasteiger partial charge in [-0.25, -0.2) is 0 Å². The summed E-state index contributed by atoms with van der Waals surface area (Å²) in [6.07, 6.45) is 30.7. The molecule has 131 heavy (non-hydrogen) atoms. The molecule has 16 heteroatoms. The van der Waals surface area contributed by atoms with E-state index in [1.807, 2.05) is 57.2 Å². The molecule has 0 saturated heterocycles. The number of benzene rings is 5. The molecule has 0 saturated carbocycles. The molecule has 5 rings (SSSR count). The van der Waals surface area contributed by atoms with Crippen LogP contribution in [-0.2, 0) is 128 Å². The molecular formula is C115H193NO15. The van der Waals surface area contributed by atoms with Gasteiger partial charge in [-0.2, -0.15) is 0 Å². The van der Waals surface area contributed by atoms with Crippen LogP contribution in [0.5, 0.6) is 28.7 Å². The van der Waals surface area contributed by atoms with Gasteiger partial charge in [0.2, 0.25) is 5.91 Å². The normalized spacial score (nSPS) is 12.0. The number of phenolic OH excluding ortho intramolecular Hbond substituents is 5. The summed E-state index contributed by atoms with van der Waals surface area (Å²) in [7, 11) is 0. The van der Waals surface area contributed by atoms with E-state index in [0.29, 0.717) is 133 Å². The van der Waals surface area contributed by atoms with Crippen molar-refractivity contribution in [1.82, 2.24) is 5.32 Å². The molecule has 0 radical (unpaired) electrons. The fraction of sp³-hybridized carbons (Fsp3) is 0.696. The average molecular weight is 1830 g/mol. The number of hydrogen-bond acceptors (Lipinski definition) is 15. The van der Waals surface area contributed by atoms with Crippen LogP contribution in [0.3, 0.4) is 0 Å². The minimum Gasteiger partial charge on any atom is -0.507 e. The van der Waals surface area contributed by atoms with Crippen LogP contribution in [0.4, 0.5) is 0 Å². The highest BCUT2D eigenvalue weighted by Gasteiger charge is 2.32. The van der Waals surface area contributed by atoms with Gasteiger partial charge < -0.3 is 54.5 Å². The Kier molecular flexibility index (Phi) is 55.9. The summed E-state index contributed by atoms with van der Waals surface area (Å²) in [6, 6.07) is 20.3. The predicted octanol–water partition coefficient (Wildman–Crippen LogP) is 29.5.